The highest BCUT2D eigenvalue weighted by Gasteiger charge is 2.31. The summed E-state index contributed by atoms with van der Waals surface area (Å²) >= 11 is 3.58. The van der Waals surface area contributed by atoms with Crippen molar-refractivity contribution < 1.29 is 14.3 Å². The summed E-state index contributed by atoms with van der Waals surface area (Å²) in [4.78, 5) is 14.1. The summed E-state index contributed by atoms with van der Waals surface area (Å²) in [5.41, 5.74) is -0.240. The van der Waals surface area contributed by atoms with Gasteiger partial charge in [0.15, 0.2) is 0 Å². The number of carbonyl (C=O) groups is 1. The van der Waals surface area contributed by atoms with Crippen LogP contribution in [-0.4, -0.2) is 33.8 Å². The number of amides is 1. The van der Waals surface area contributed by atoms with Crippen LogP contribution in [0.5, 0.6) is 5.75 Å². The van der Waals surface area contributed by atoms with Gasteiger partial charge in [-0.2, -0.15) is 0 Å². The van der Waals surface area contributed by atoms with Crippen molar-refractivity contribution in [1.29, 1.82) is 0 Å². The number of hydrogen-bond acceptors (Lipinski definition) is 2. The third-order valence-corrected chi connectivity index (χ3v) is 4.74. The van der Waals surface area contributed by atoms with Crippen LogP contribution in [0.2, 0.25) is 0 Å². The van der Waals surface area contributed by atoms with E-state index in [1.807, 2.05) is 0 Å². The first-order valence-corrected chi connectivity index (χ1v) is 7.32. The molecule has 1 aliphatic rings. The summed E-state index contributed by atoms with van der Waals surface area (Å²) in [5, 5.41) is 9.68. The van der Waals surface area contributed by atoms with Gasteiger partial charge in [0.2, 0.25) is 0 Å². The molecule has 1 aromatic carbocycles. The predicted octanol–water partition coefficient (Wildman–Crippen LogP) is 3.31. The number of alkyl halides is 1. The van der Waals surface area contributed by atoms with Gasteiger partial charge in [-0.05, 0) is 25.0 Å². The van der Waals surface area contributed by atoms with Crippen molar-refractivity contribution in [2.75, 3.05) is 7.05 Å². The SMILES string of the molecule is CN(C(=O)c1c(O)cccc1F)C1CCCCC1Br. The van der Waals surface area contributed by atoms with Crippen LogP contribution in [0.3, 0.4) is 0 Å². The third-order valence-electron chi connectivity index (χ3n) is 3.67. The van der Waals surface area contributed by atoms with Gasteiger partial charge >= 0.3 is 0 Å². The average molecular weight is 330 g/mol. The molecule has 2 rings (SSSR count). The van der Waals surface area contributed by atoms with Gasteiger partial charge in [-0.1, -0.05) is 34.8 Å². The molecule has 104 valence electrons. The van der Waals surface area contributed by atoms with Crippen molar-refractivity contribution in [3.05, 3.63) is 29.6 Å². The summed E-state index contributed by atoms with van der Waals surface area (Å²) in [6.07, 6.45) is 4.10. The molecule has 19 heavy (non-hydrogen) atoms. The lowest BCUT2D eigenvalue weighted by Gasteiger charge is -2.35. The zero-order chi connectivity index (χ0) is 14.0. The van der Waals surface area contributed by atoms with Crippen molar-refractivity contribution in [2.24, 2.45) is 0 Å². The van der Waals surface area contributed by atoms with Gasteiger partial charge in [0.25, 0.3) is 5.91 Å². The van der Waals surface area contributed by atoms with Gasteiger partial charge in [0, 0.05) is 17.9 Å². The monoisotopic (exact) mass is 329 g/mol. The van der Waals surface area contributed by atoms with E-state index in [-0.39, 0.29) is 22.2 Å². The lowest BCUT2D eigenvalue weighted by atomic mass is 9.94. The van der Waals surface area contributed by atoms with Crippen LogP contribution in [0.1, 0.15) is 36.0 Å². The Balaban J connectivity index is 2.23. The number of carbonyl (C=O) groups excluding carboxylic acids is 1. The second-order valence-corrected chi connectivity index (χ2v) is 6.09. The maximum Gasteiger partial charge on any atom is 0.260 e. The lowest BCUT2D eigenvalue weighted by Crippen LogP contribution is -2.44. The Morgan fingerprint density at radius 1 is 1.42 bits per heavy atom. The minimum Gasteiger partial charge on any atom is -0.507 e. The van der Waals surface area contributed by atoms with Crippen LogP contribution < -0.4 is 0 Å². The van der Waals surface area contributed by atoms with Crippen LogP contribution in [0.4, 0.5) is 4.39 Å². The maximum atomic E-state index is 13.7. The maximum absolute atomic E-state index is 13.7. The molecule has 1 fully saturated rings. The minimum atomic E-state index is -0.682. The summed E-state index contributed by atoms with van der Waals surface area (Å²) in [7, 11) is 1.67. The van der Waals surface area contributed by atoms with Gasteiger partial charge in [-0.25, -0.2) is 4.39 Å². The van der Waals surface area contributed by atoms with Crippen LogP contribution in [0.25, 0.3) is 0 Å². The highest BCUT2D eigenvalue weighted by molar-refractivity contribution is 9.09. The number of halogens is 2. The van der Waals surface area contributed by atoms with Gasteiger partial charge < -0.3 is 10.0 Å². The third kappa shape index (κ3) is 2.91. The number of phenolic OH excluding ortho intramolecular Hbond substituents is 1. The zero-order valence-electron chi connectivity index (χ0n) is 10.8. The second kappa shape index (κ2) is 5.90. The molecule has 1 aliphatic carbocycles. The first-order valence-electron chi connectivity index (χ1n) is 6.41. The van der Waals surface area contributed by atoms with Crippen LogP contribution >= 0.6 is 15.9 Å². The Morgan fingerprint density at radius 3 is 2.74 bits per heavy atom. The van der Waals surface area contributed by atoms with Crippen molar-refractivity contribution in [1.82, 2.24) is 4.90 Å². The van der Waals surface area contributed by atoms with Crippen LogP contribution in [-0.2, 0) is 0 Å². The first-order chi connectivity index (χ1) is 9.02. The lowest BCUT2D eigenvalue weighted by molar-refractivity contribution is 0.0696. The molecule has 0 spiro atoms. The summed E-state index contributed by atoms with van der Waals surface area (Å²) in [6, 6.07) is 3.94. The zero-order valence-corrected chi connectivity index (χ0v) is 12.4. The predicted molar refractivity (Wildman–Crippen MR) is 75.1 cm³/mol. The Bertz CT molecular complexity index is 460. The molecule has 1 amide bonds. The van der Waals surface area contributed by atoms with Crippen LogP contribution in [0.15, 0.2) is 18.2 Å². The topological polar surface area (TPSA) is 40.5 Å². The van der Waals surface area contributed by atoms with Crippen LogP contribution in [0, 0.1) is 5.82 Å². The van der Waals surface area contributed by atoms with Gasteiger partial charge in [0.05, 0.1) is 0 Å². The fourth-order valence-electron chi connectivity index (χ4n) is 2.55. The smallest absolute Gasteiger partial charge is 0.260 e. The Hall–Kier alpha value is -1.10. The van der Waals surface area contributed by atoms with E-state index in [1.165, 1.54) is 23.1 Å². The molecular weight excluding hydrogens is 313 g/mol. The van der Waals surface area contributed by atoms with Crippen molar-refractivity contribution in [2.45, 2.75) is 36.6 Å². The van der Waals surface area contributed by atoms with Gasteiger partial charge in [-0.15, -0.1) is 0 Å². The molecule has 1 aromatic rings. The van der Waals surface area contributed by atoms with E-state index in [9.17, 15) is 14.3 Å². The summed E-state index contributed by atoms with van der Waals surface area (Å²) in [6.45, 7) is 0. The summed E-state index contributed by atoms with van der Waals surface area (Å²) < 4.78 is 13.7. The highest BCUT2D eigenvalue weighted by Crippen LogP contribution is 2.30. The molecule has 2 unspecified atom stereocenters. The molecule has 0 radical (unpaired) electrons. The molecule has 3 nitrogen and oxygen atoms in total. The van der Waals surface area contributed by atoms with E-state index in [2.05, 4.69) is 15.9 Å². The quantitative estimate of drug-likeness (QED) is 0.845. The molecule has 0 saturated heterocycles. The molecule has 2 atom stereocenters. The summed E-state index contributed by atoms with van der Waals surface area (Å²) in [5.74, 6) is -1.45. The fraction of sp³-hybridized carbons (Fsp3) is 0.500. The van der Waals surface area contributed by atoms with Gasteiger partial charge in [0.1, 0.15) is 17.1 Å². The molecule has 0 heterocycles. The minimum absolute atomic E-state index is 0.0419. The normalized spacial score (nSPS) is 23.1. The van der Waals surface area contributed by atoms with Crippen molar-refractivity contribution in [3.8, 4) is 5.75 Å². The number of benzene rings is 1. The molecule has 0 aliphatic heterocycles. The van der Waals surface area contributed by atoms with Crippen molar-refractivity contribution in [3.63, 3.8) is 0 Å². The molecule has 5 heteroatoms. The fourth-order valence-corrected chi connectivity index (χ4v) is 3.50. The molecule has 0 aromatic heterocycles. The first kappa shape index (κ1) is 14.3. The van der Waals surface area contributed by atoms with Gasteiger partial charge in [-0.3, -0.25) is 4.79 Å². The van der Waals surface area contributed by atoms with E-state index >= 15 is 0 Å². The largest absolute Gasteiger partial charge is 0.507 e. The Morgan fingerprint density at radius 2 is 2.11 bits per heavy atom. The molecular formula is C14H17BrFNO2. The number of phenols is 1. The number of aromatic hydroxyl groups is 1. The standard InChI is InChI=1S/C14H17BrFNO2/c1-17(11-7-3-2-5-9(11)15)14(19)13-10(16)6-4-8-12(13)18/h4,6,8-9,11,18H,2-3,5,7H2,1H3. The molecule has 1 N–H and O–H groups in total. The molecule has 0 bridgehead atoms. The number of rotatable bonds is 2. The Kier molecular flexibility index (Phi) is 4.45. The Labute approximate surface area is 120 Å². The van der Waals surface area contributed by atoms with E-state index < -0.39 is 11.7 Å². The molecule has 1 saturated carbocycles. The average Bonchev–Trinajstić information content (AvgIpc) is 2.38. The van der Waals surface area contributed by atoms with Crippen molar-refractivity contribution >= 4 is 21.8 Å². The highest BCUT2D eigenvalue weighted by atomic mass is 79.9. The number of nitrogens with zero attached hydrogens (tertiary/aromatic N) is 1. The van der Waals surface area contributed by atoms with E-state index in [1.54, 1.807) is 7.05 Å². The van der Waals surface area contributed by atoms with E-state index in [0.717, 1.165) is 25.7 Å². The number of hydrogen-bond donors (Lipinski definition) is 1. The van der Waals surface area contributed by atoms with E-state index in [4.69, 9.17) is 0 Å². The second-order valence-electron chi connectivity index (χ2n) is 4.92. The van der Waals surface area contributed by atoms with E-state index in [0.29, 0.717) is 0 Å².